The van der Waals surface area contributed by atoms with Crippen molar-refractivity contribution in [2.45, 2.75) is 31.7 Å². The Balaban J connectivity index is 1.63. The van der Waals surface area contributed by atoms with Crippen molar-refractivity contribution in [1.29, 1.82) is 0 Å². The van der Waals surface area contributed by atoms with Crippen molar-refractivity contribution in [1.82, 2.24) is 20.1 Å². The Hall–Kier alpha value is -1.88. The van der Waals surface area contributed by atoms with Gasteiger partial charge in [-0.2, -0.15) is 5.10 Å². The number of benzene rings is 1. The van der Waals surface area contributed by atoms with Crippen molar-refractivity contribution >= 4 is 0 Å². The van der Waals surface area contributed by atoms with E-state index in [1.54, 1.807) is 17.1 Å². The summed E-state index contributed by atoms with van der Waals surface area (Å²) in [5, 5.41) is 17.5. The second-order valence-electron chi connectivity index (χ2n) is 5.37. The number of hydrogen-bond acceptors (Lipinski definition) is 4. The first-order valence-electron chi connectivity index (χ1n) is 7.12. The van der Waals surface area contributed by atoms with Crippen LogP contribution >= 0.6 is 0 Å². The monoisotopic (exact) mass is 272 g/mol. The molecule has 106 valence electrons. The first-order valence-corrected chi connectivity index (χ1v) is 7.12. The molecule has 0 bridgehead atoms. The third-order valence-electron chi connectivity index (χ3n) is 3.83. The summed E-state index contributed by atoms with van der Waals surface area (Å²) in [5.41, 5.74) is 2.59. The minimum absolute atomic E-state index is 0.328. The molecule has 1 aliphatic rings. The van der Waals surface area contributed by atoms with Gasteiger partial charge in [-0.05, 0) is 42.5 Å². The van der Waals surface area contributed by atoms with Gasteiger partial charge < -0.3 is 10.4 Å². The molecule has 2 N–H and O–H groups in total. The van der Waals surface area contributed by atoms with Gasteiger partial charge in [-0.25, -0.2) is 4.98 Å². The standard InChI is InChI=1S/C15H20N4O/c1-19-10-17-15(18-19)7-8-16-14-4-2-3-11-5-6-12(20)9-13(11)14/h5-6,9-10,14,16,20H,2-4,7-8H2,1H3. The Morgan fingerprint density at radius 2 is 2.35 bits per heavy atom. The van der Waals surface area contributed by atoms with E-state index in [9.17, 15) is 5.11 Å². The fraction of sp³-hybridized carbons (Fsp3) is 0.467. The van der Waals surface area contributed by atoms with E-state index < -0.39 is 0 Å². The average Bonchev–Trinajstić information content (AvgIpc) is 2.85. The van der Waals surface area contributed by atoms with Crippen LogP contribution in [-0.4, -0.2) is 26.4 Å². The van der Waals surface area contributed by atoms with Gasteiger partial charge in [-0.3, -0.25) is 4.68 Å². The van der Waals surface area contributed by atoms with Gasteiger partial charge in [0.25, 0.3) is 0 Å². The predicted molar refractivity (Wildman–Crippen MR) is 76.5 cm³/mol. The number of fused-ring (bicyclic) bond motifs is 1. The molecule has 2 aromatic rings. The summed E-state index contributed by atoms with van der Waals surface area (Å²) in [4.78, 5) is 4.23. The van der Waals surface area contributed by atoms with Crippen molar-refractivity contribution < 1.29 is 5.11 Å². The van der Waals surface area contributed by atoms with Crippen LogP contribution in [0.2, 0.25) is 0 Å². The van der Waals surface area contributed by atoms with Crippen molar-refractivity contribution in [3.63, 3.8) is 0 Å². The third kappa shape index (κ3) is 2.82. The molecule has 0 radical (unpaired) electrons. The second-order valence-corrected chi connectivity index (χ2v) is 5.37. The van der Waals surface area contributed by atoms with E-state index in [-0.39, 0.29) is 0 Å². The van der Waals surface area contributed by atoms with Crippen LogP contribution in [0.5, 0.6) is 5.75 Å². The summed E-state index contributed by atoms with van der Waals surface area (Å²) >= 11 is 0. The SMILES string of the molecule is Cn1cnc(CCNC2CCCc3ccc(O)cc32)n1. The van der Waals surface area contributed by atoms with E-state index in [0.717, 1.165) is 31.6 Å². The lowest BCUT2D eigenvalue weighted by molar-refractivity contribution is 0.447. The van der Waals surface area contributed by atoms with Crippen LogP contribution in [-0.2, 0) is 19.9 Å². The smallest absolute Gasteiger partial charge is 0.151 e. The van der Waals surface area contributed by atoms with Crippen molar-refractivity contribution in [3.8, 4) is 5.75 Å². The van der Waals surface area contributed by atoms with Crippen LogP contribution in [0.1, 0.15) is 35.8 Å². The minimum Gasteiger partial charge on any atom is -0.508 e. The zero-order valence-corrected chi connectivity index (χ0v) is 11.7. The van der Waals surface area contributed by atoms with E-state index >= 15 is 0 Å². The highest BCUT2D eigenvalue weighted by Crippen LogP contribution is 2.31. The van der Waals surface area contributed by atoms with Crippen LogP contribution < -0.4 is 5.32 Å². The van der Waals surface area contributed by atoms with E-state index in [1.807, 2.05) is 19.2 Å². The highest BCUT2D eigenvalue weighted by molar-refractivity contribution is 5.38. The Kier molecular flexibility index (Phi) is 3.69. The van der Waals surface area contributed by atoms with Crippen LogP contribution in [0.3, 0.4) is 0 Å². The zero-order valence-electron chi connectivity index (χ0n) is 11.7. The van der Waals surface area contributed by atoms with Crippen molar-refractivity contribution in [2.24, 2.45) is 7.05 Å². The molecule has 1 atom stereocenters. The van der Waals surface area contributed by atoms with Crippen molar-refractivity contribution in [2.75, 3.05) is 6.54 Å². The zero-order chi connectivity index (χ0) is 13.9. The van der Waals surface area contributed by atoms with E-state index in [2.05, 4.69) is 15.4 Å². The molecule has 0 saturated carbocycles. The number of nitrogens with one attached hydrogen (secondary N) is 1. The minimum atomic E-state index is 0.328. The molecule has 5 nitrogen and oxygen atoms in total. The highest BCUT2D eigenvalue weighted by atomic mass is 16.3. The van der Waals surface area contributed by atoms with Gasteiger partial charge >= 0.3 is 0 Å². The molecule has 3 rings (SSSR count). The third-order valence-corrected chi connectivity index (χ3v) is 3.83. The Bertz CT molecular complexity index is 593. The molecule has 0 aliphatic heterocycles. The van der Waals surface area contributed by atoms with Crippen LogP contribution in [0.4, 0.5) is 0 Å². The summed E-state index contributed by atoms with van der Waals surface area (Å²) in [7, 11) is 1.88. The molecule has 1 unspecified atom stereocenters. The van der Waals surface area contributed by atoms with Crippen molar-refractivity contribution in [3.05, 3.63) is 41.5 Å². The lowest BCUT2D eigenvalue weighted by atomic mass is 9.87. The molecule has 1 aliphatic carbocycles. The quantitative estimate of drug-likeness (QED) is 0.889. The summed E-state index contributed by atoms with van der Waals surface area (Å²) in [5.74, 6) is 1.22. The van der Waals surface area contributed by atoms with Crippen LogP contribution in [0, 0.1) is 0 Å². The van der Waals surface area contributed by atoms with Crippen LogP contribution in [0.15, 0.2) is 24.5 Å². The summed E-state index contributed by atoms with van der Waals surface area (Å²) in [6.07, 6.45) is 5.97. The predicted octanol–water partition coefficient (Wildman–Crippen LogP) is 1.73. The molecule has 0 amide bonds. The van der Waals surface area contributed by atoms with Gasteiger partial charge in [0.2, 0.25) is 0 Å². The molecule has 1 aromatic carbocycles. The van der Waals surface area contributed by atoms with E-state index in [4.69, 9.17) is 0 Å². The Morgan fingerprint density at radius 3 is 3.15 bits per heavy atom. The molecule has 20 heavy (non-hydrogen) atoms. The van der Waals surface area contributed by atoms with Gasteiger partial charge in [0.15, 0.2) is 5.82 Å². The number of rotatable bonds is 4. The summed E-state index contributed by atoms with van der Waals surface area (Å²) in [6, 6.07) is 6.04. The fourth-order valence-corrected chi connectivity index (χ4v) is 2.86. The van der Waals surface area contributed by atoms with E-state index in [1.165, 1.54) is 17.5 Å². The maximum Gasteiger partial charge on any atom is 0.151 e. The Morgan fingerprint density at radius 1 is 1.45 bits per heavy atom. The normalized spacial score (nSPS) is 17.9. The maximum absolute atomic E-state index is 9.66. The highest BCUT2D eigenvalue weighted by Gasteiger charge is 2.20. The molecule has 1 heterocycles. The molecular formula is C15H20N4O. The Labute approximate surface area is 118 Å². The number of phenols is 1. The second kappa shape index (κ2) is 5.63. The maximum atomic E-state index is 9.66. The molecule has 0 fully saturated rings. The topological polar surface area (TPSA) is 63.0 Å². The number of aromatic nitrogens is 3. The first kappa shape index (κ1) is 13.1. The van der Waals surface area contributed by atoms with Gasteiger partial charge in [0.1, 0.15) is 12.1 Å². The molecular weight excluding hydrogens is 252 g/mol. The number of aromatic hydroxyl groups is 1. The first-order chi connectivity index (χ1) is 9.72. The number of aryl methyl sites for hydroxylation is 2. The van der Waals surface area contributed by atoms with Gasteiger partial charge in [-0.15, -0.1) is 0 Å². The van der Waals surface area contributed by atoms with Gasteiger partial charge in [-0.1, -0.05) is 6.07 Å². The molecule has 1 aromatic heterocycles. The molecule has 0 saturated heterocycles. The molecule has 0 spiro atoms. The lowest BCUT2D eigenvalue weighted by Crippen LogP contribution is -2.27. The number of hydrogen-bond donors (Lipinski definition) is 2. The number of phenolic OH excluding ortho intramolecular Hbond substituents is 1. The van der Waals surface area contributed by atoms with Gasteiger partial charge in [0.05, 0.1) is 0 Å². The average molecular weight is 272 g/mol. The number of nitrogens with zero attached hydrogens (tertiary/aromatic N) is 3. The lowest BCUT2D eigenvalue weighted by Gasteiger charge is -2.26. The van der Waals surface area contributed by atoms with Gasteiger partial charge in [0, 0.05) is 26.1 Å². The van der Waals surface area contributed by atoms with E-state index in [0.29, 0.717) is 11.8 Å². The molecule has 5 heteroatoms. The fourth-order valence-electron chi connectivity index (χ4n) is 2.86. The van der Waals surface area contributed by atoms with Crippen LogP contribution in [0.25, 0.3) is 0 Å². The largest absolute Gasteiger partial charge is 0.508 e. The summed E-state index contributed by atoms with van der Waals surface area (Å²) in [6.45, 7) is 0.851. The summed E-state index contributed by atoms with van der Waals surface area (Å²) < 4.78 is 1.73.